The molecule has 3 aromatic rings. The standard InChI is InChI=1S/C21H20N2O3/c24-21(25)18-11-9-16(10-12-18)7-4-8-19-13-22-15-23-20(19)26-14-17-5-2-1-3-6-17/h1-3,5-6,9-13,15H,4,7-8,14H2,(H,24,25). The first-order chi connectivity index (χ1) is 12.7. The molecule has 1 heterocycles. The van der Waals surface area contributed by atoms with Crippen LogP contribution in [-0.4, -0.2) is 21.0 Å². The van der Waals surface area contributed by atoms with E-state index in [1.165, 1.54) is 6.33 Å². The van der Waals surface area contributed by atoms with Crippen molar-refractivity contribution >= 4 is 5.97 Å². The van der Waals surface area contributed by atoms with Crippen LogP contribution >= 0.6 is 0 Å². The number of aromatic carboxylic acids is 1. The molecule has 132 valence electrons. The smallest absolute Gasteiger partial charge is 0.335 e. The van der Waals surface area contributed by atoms with Crippen molar-refractivity contribution < 1.29 is 14.6 Å². The average molecular weight is 348 g/mol. The fourth-order valence-electron chi connectivity index (χ4n) is 2.67. The summed E-state index contributed by atoms with van der Waals surface area (Å²) in [4.78, 5) is 19.2. The number of benzene rings is 2. The first kappa shape index (κ1) is 17.6. The SMILES string of the molecule is O=C(O)c1ccc(CCCc2cncnc2OCc2ccccc2)cc1. The second-order valence-corrected chi connectivity index (χ2v) is 5.98. The third-order valence-electron chi connectivity index (χ3n) is 4.08. The molecular formula is C21H20N2O3. The van der Waals surface area contributed by atoms with E-state index in [9.17, 15) is 4.79 Å². The molecule has 0 bridgehead atoms. The molecule has 0 atom stereocenters. The van der Waals surface area contributed by atoms with E-state index in [1.54, 1.807) is 18.3 Å². The zero-order valence-corrected chi connectivity index (χ0v) is 14.3. The second kappa shape index (κ2) is 8.76. The summed E-state index contributed by atoms with van der Waals surface area (Å²) in [6.45, 7) is 0.474. The van der Waals surface area contributed by atoms with Crippen LogP contribution in [0, 0.1) is 0 Å². The van der Waals surface area contributed by atoms with Crippen LogP contribution < -0.4 is 4.74 Å². The van der Waals surface area contributed by atoms with E-state index < -0.39 is 5.97 Å². The number of aromatic nitrogens is 2. The highest BCUT2D eigenvalue weighted by Crippen LogP contribution is 2.18. The van der Waals surface area contributed by atoms with Gasteiger partial charge in [-0.2, -0.15) is 0 Å². The minimum atomic E-state index is -0.904. The maximum absolute atomic E-state index is 10.9. The lowest BCUT2D eigenvalue weighted by Crippen LogP contribution is -2.02. The lowest BCUT2D eigenvalue weighted by atomic mass is 10.0. The number of nitrogens with zero attached hydrogens (tertiary/aromatic N) is 2. The summed E-state index contributed by atoms with van der Waals surface area (Å²) >= 11 is 0. The fourth-order valence-corrected chi connectivity index (χ4v) is 2.67. The maximum atomic E-state index is 10.9. The molecule has 5 nitrogen and oxygen atoms in total. The van der Waals surface area contributed by atoms with Crippen LogP contribution in [0.1, 0.15) is 33.5 Å². The fraction of sp³-hybridized carbons (Fsp3) is 0.190. The van der Waals surface area contributed by atoms with Crippen molar-refractivity contribution in [3.8, 4) is 5.88 Å². The summed E-state index contributed by atoms with van der Waals surface area (Å²) in [5.41, 5.74) is 3.49. The van der Waals surface area contributed by atoms with Gasteiger partial charge in [-0.3, -0.25) is 0 Å². The Morgan fingerprint density at radius 1 is 0.962 bits per heavy atom. The van der Waals surface area contributed by atoms with Crippen molar-refractivity contribution in [3.63, 3.8) is 0 Å². The van der Waals surface area contributed by atoms with E-state index in [0.717, 1.165) is 36.0 Å². The van der Waals surface area contributed by atoms with Gasteiger partial charge in [-0.05, 0) is 42.5 Å². The molecule has 0 fully saturated rings. The van der Waals surface area contributed by atoms with Crippen LogP contribution in [0.2, 0.25) is 0 Å². The number of ether oxygens (including phenoxy) is 1. The third kappa shape index (κ3) is 4.89. The average Bonchev–Trinajstić information content (AvgIpc) is 2.68. The van der Waals surface area contributed by atoms with E-state index in [1.807, 2.05) is 42.5 Å². The monoisotopic (exact) mass is 348 g/mol. The van der Waals surface area contributed by atoms with Gasteiger partial charge in [-0.15, -0.1) is 0 Å². The highest BCUT2D eigenvalue weighted by molar-refractivity contribution is 5.87. The van der Waals surface area contributed by atoms with Gasteiger partial charge in [0.2, 0.25) is 5.88 Å². The molecule has 2 aromatic carbocycles. The molecule has 3 rings (SSSR count). The van der Waals surface area contributed by atoms with Crippen LogP contribution in [0.25, 0.3) is 0 Å². The van der Waals surface area contributed by atoms with Gasteiger partial charge in [-0.25, -0.2) is 14.8 Å². The number of carbonyl (C=O) groups is 1. The van der Waals surface area contributed by atoms with Crippen molar-refractivity contribution in [2.24, 2.45) is 0 Å². The molecule has 1 aromatic heterocycles. The predicted molar refractivity (Wildman–Crippen MR) is 98.2 cm³/mol. The Labute approximate surface area is 152 Å². The number of hydrogen-bond donors (Lipinski definition) is 1. The van der Waals surface area contributed by atoms with Crippen molar-refractivity contribution in [2.75, 3.05) is 0 Å². The van der Waals surface area contributed by atoms with Gasteiger partial charge < -0.3 is 9.84 Å². The van der Waals surface area contributed by atoms with Gasteiger partial charge in [0.15, 0.2) is 0 Å². The highest BCUT2D eigenvalue weighted by Gasteiger charge is 2.07. The lowest BCUT2D eigenvalue weighted by Gasteiger charge is -2.10. The molecule has 26 heavy (non-hydrogen) atoms. The molecule has 0 radical (unpaired) electrons. The predicted octanol–water partition coefficient (Wildman–Crippen LogP) is 3.93. The Morgan fingerprint density at radius 2 is 1.73 bits per heavy atom. The molecule has 0 spiro atoms. The van der Waals surface area contributed by atoms with Crippen molar-refractivity contribution in [3.05, 3.63) is 89.4 Å². The summed E-state index contributed by atoms with van der Waals surface area (Å²) < 4.78 is 5.85. The van der Waals surface area contributed by atoms with E-state index in [0.29, 0.717) is 18.1 Å². The molecule has 0 aliphatic carbocycles. The molecule has 0 saturated heterocycles. The minimum absolute atomic E-state index is 0.307. The van der Waals surface area contributed by atoms with Crippen LogP contribution in [0.4, 0.5) is 0 Å². The van der Waals surface area contributed by atoms with Gasteiger partial charge in [-0.1, -0.05) is 42.5 Å². The van der Waals surface area contributed by atoms with Crippen LogP contribution in [-0.2, 0) is 19.4 Å². The molecule has 0 aliphatic heterocycles. The Bertz CT molecular complexity index is 849. The maximum Gasteiger partial charge on any atom is 0.335 e. The van der Waals surface area contributed by atoms with Gasteiger partial charge in [0, 0.05) is 11.8 Å². The van der Waals surface area contributed by atoms with Gasteiger partial charge in [0.1, 0.15) is 12.9 Å². The molecule has 0 aliphatic rings. The van der Waals surface area contributed by atoms with Gasteiger partial charge in [0.05, 0.1) is 5.56 Å². The lowest BCUT2D eigenvalue weighted by molar-refractivity contribution is 0.0697. The molecule has 0 unspecified atom stereocenters. The summed E-state index contributed by atoms with van der Waals surface area (Å²) in [6.07, 6.45) is 5.84. The Hall–Kier alpha value is -3.21. The quantitative estimate of drug-likeness (QED) is 0.668. The van der Waals surface area contributed by atoms with Crippen molar-refractivity contribution in [2.45, 2.75) is 25.9 Å². The number of carboxylic acids is 1. The second-order valence-electron chi connectivity index (χ2n) is 5.98. The van der Waals surface area contributed by atoms with Crippen molar-refractivity contribution in [1.82, 2.24) is 9.97 Å². The van der Waals surface area contributed by atoms with E-state index >= 15 is 0 Å². The highest BCUT2D eigenvalue weighted by atomic mass is 16.5. The van der Waals surface area contributed by atoms with Crippen molar-refractivity contribution in [1.29, 1.82) is 0 Å². The summed E-state index contributed by atoms with van der Waals surface area (Å²) in [5.74, 6) is -0.289. The molecule has 0 amide bonds. The van der Waals surface area contributed by atoms with E-state index in [-0.39, 0.29) is 0 Å². The topological polar surface area (TPSA) is 72.3 Å². The van der Waals surface area contributed by atoms with Crippen LogP contribution in [0.15, 0.2) is 67.1 Å². The number of aryl methyl sites for hydroxylation is 2. The Kier molecular flexibility index (Phi) is 5.93. The number of carboxylic acid groups (broad SMARTS) is 1. The third-order valence-corrected chi connectivity index (χ3v) is 4.08. The summed E-state index contributed by atoms with van der Waals surface area (Å²) in [6, 6.07) is 17.0. The van der Waals surface area contributed by atoms with E-state index in [4.69, 9.17) is 9.84 Å². The first-order valence-electron chi connectivity index (χ1n) is 8.50. The zero-order chi connectivity index (χ0) is 18.2. The van der Waals surface area contributed by atoms with Crippen LogP contribution in [0.3, 0.4) is 0 Å². The Balaban J connectivity index is 1.55. The number of rotatable bonds is 8. The zero-order valence-electron chi connectivity index (χ0n) is 14.3. The largest absolute Gasteiger partial charge is 0.478 e. The van der Waals surface area contributed by atoms with Gasteiger partial charge >= 0.3 is 5.97 Å². The number of hydrogen-bond acceptors (Lipinski definition) is 4. The Morgan fingerprint density at radius 3 is 2.46 bits per heavy atom. The molecular weight excluding hydrogens is 328 g/mol. The molecule has 1 N–H and O–H groups in total. The minimum Gasteiger partial charge on any atom is -0.478 e. The first-order valence-corrected chi connectivity index (χ1v) is 8.50. The summed E-state index contributed by atoms with van der Waals surface area (Å²) in [7, 11) is 0. The normalized spacial score (nSPS) is 10.5. The van der Waals surface area contributed by atoms with E-state index in [2.05, 4.69) is 9.97 Å². The molecule has 0 saturated carbocycles. The molecule has 5 heteroatoms. The summed E-state index contributed by atoms with van der Waals surface area (Å²) in [5, 5.41) is 8.94. The van der Waals surface area contributed by atoms with Crippen LogP contribution in [0.5, 0.6) is 5.88 Å². The van der Waals surface area contributed by atoms with Gasteiger partial charge in [0.25, 0.3) is 0 Å².